The van der Waals surface area contributed by atoms with Gasteiger partial charge in [-0.05, 0) is 42.8 Å². The van der Waals surface area contributed by atoms with E-state index in [0.29, 0.717) is 24.6 Å². The van der Waals surface area contributed by atoms with Gasteiger partial charge in [0.1, 0.15) is 12.4 Å². The first-order valence-corrected chi connectivity index (χ1v) is 9.26. The molecule has 2 aromatic heterocycles. The number of benzene rings is 1. The molecule has 0 spiro atoms. The number of rotatable bonds is 3. The zero-order valence-corrected chi connectivity index (χ0v) is 15.9. The standard InChI is InChI=1S/C19H21ClN6O/c1-13-10-15(3-4-16(13)20)24-6-8-25(9-7-24)18(27)12-26-19-14(11-22-26)2-5-17(21)23-19/h2-5,10-11H,6-9,12H2,1H3,(H2,21,23). The average Bonchev–Trinajstić information content (AvgIpc) is 3.06. The third kappa shape index (κ3) is 3.55. The Kier molecular flexibility index (Phi) is 4.61. The average molecular weight is 385 g/mol. The molecule has 1 saturated heterocycles. The van der Waals surface area contributed by atoms with Crippen LogP contribution in [0.5, 0.6) is 0 Å². The maximum atomic E-state index is 12.7. The molecule has 1 aliphatic heterocycles. The summed E-state index contributed by atoms with van der Waals surface area (Å²) >= 11 is 6.11. The molecule has 1 aromatic carbocycles. The number of piperazine rings is 1. The summed E-state index contributed by atoms with van der Waals surface area (Å²) in [6.07, 6.45) is 1.70. The summed E-state index contributed by atoms with van der Waals surface area (Å²) in [7, 11) is 0. The van der Waals surface area contributed by atoms with Crippen molar-refractivity contribution in [3.63, 3.8) is 0 Å². The molecule has 0 atom stereocenters. The smallest absolute Gasteiger partial charge is 0.244 e. The van der Waals surface area contributed by atoms with E-state index in [9.17, 15) is 4.79 Å². The molecule has 1 amide bonds. The Morgan fingerprint density at radius 3 is 2.70 bits per heavy atom. The molecule has 3 aromatic rings. The summed E-state index contributed by atoms with van der Waals surface area (Å²) in [5, 5.41) is 5.93. The van der Waals surface area contributed by atoms with Crippen molar-refractivity contribution in [3.8, 4) is 0 Å². The predicted molar refractivity (Wildman–Crippen MR) is 107 cm³/mol. The van der Waals surface area contributed by atoms with Gasteiger partial charge in [-0.2, -0.15) is 5.10 Å². The second-order valence-corrected chi connectivity index (χ2v) is 7.16. The zero-order valence-electron chi connectivity index (χ0n) is 15.1. The highest BCUT2D eigenvalue weighted by molar-refractivity contribution is 6.31. The van der Waals surface area contributed by atoms with Gasteiger partial charge in [0, 0.05) is 42.3 Å². The van der Waals surface area contributed by atoms with Crippen LogP contribution >= 0.6 is 11.6 Å². The van der Waals surface area contributed by atoms with Crippen molar-refractivity contribution in [2.75, 3.05) is 36.8 Å². The summed E-state index contributed by atoms with van der Waals surface area (Å²) in [5.74, 6) is 0.458. The fourth-order valence-electron chi connectivity index (χ4n) is 3.35. The maximum absolute atomic E-state index is 12.7. The summed E-state index contributed by atoms with van der Waals surface area (Å²) in [6, 6.07) is 9.63. The Bertz CT molecular complexity index is 993. The highest BCUT2D eigenvalue weighted by atomic mass is 35.5. The molecule has 4 rings (SSSR count). The first kappa shape index (κ1) is 17.6. The first-order valence-electron chi connectivity index (χ1n) is 8.88. The molecular formula is C19H21ClN6O. The fourth-order valence-corrected chi connectivity index (χ4v) is 3.47. The molecule has 7 nitrogen and oxygen atoms in total. The minimum Gasteiger partial charge on any atom is -0.384 e. The van der Waals surface area contributed by atoms with E-state index in [0.717, 1.165) is 34.7 Å². The van der Waals surface area contributed by atoms with E-state index in [-0.39, 0.29) is 12.5 Å². The van der Waals surface area contributed by atoms with E-state index in [4.69, 9.17) is 17.3 Å². The van der Waals surface area contributed by atoms with Gasteiger partial charge >= 0.3 is 0 Å². The van der Waals surface area contributed by atoms with Crippen molar-refractivity contribution in [2.24, 2.45) is 0 Å². The second-order valence-electron chi connectivity index (χ2n) is 6.75. The topological polar surface area (TPSA) is 80.3 Å². The fraction of sp³-hybridized carbons (Fsp3) is 0.316. The van der Waals surface area contributed by atoms with Gasteiger partial charge in [0.15, 0.2) is 5.65 Å². The Hall–Kier alpha value is -2.80. The number of halogens is 1. The monoisotopic (exact) mass is 384 g/mol. The van der Waals surface area contributed by atoms with Gasteiger partial charge in [0.25, 0.3) is 0 Å². The molecule has 0 aliphatic carbocycles. The first-order chi connectivity index (χ1) is 13.0. The van der Waals surface area contributed by atoms with Gasteiger partial charge in [0.05, 0.1) is 6.20 Å². The second kappa shape index (κ2) is 7.08. The molecule has 0 bridgehead atoms. The number of hydrogen-bond acceptors (Lipinski definition) is 5. The normalized spacial score (nSPS) is 14.7. The number of anilines is 2. The van der Waals surface area contributed by atoms with E-state index in [2.05, 4.69) is 21.0 Å². The number of nitrogen functional groups attached to an aromatic ring is 1. The van der Waals surface area contributed by atoms with Crippen LogP contribution in [-0.4, -0.2) is 51.8 Å². The summed E-state index contributed by atoms with van der Waals surface area (Å²) in [5.41, 5.74) is 8.59. The van der Waals surface area contributed by atoms with Crippen molar-refractivity contribution >= 4 is 40.0 Å². The van der Waals surface area contributed by atoms with Gasteiger partial charge in [-0.15, -0.1) is 0 Å². The van der Waals surface area contributed by atoms with Crippen molar-refractivity contribution in [1.82, 2.24) is 19.7 Å². The lowest BCUT2D eigenvalue weighted by molar-refractivity contribution is -0.132. The molecule has 3 heterocycles. The number of carbonyl (C=O) groups excluding carboxylic acids is 1. The van der Waals surface area contributed by atoms with Crippen molar-refractivity contribution in [3.05, 3.63) is 47.1 Å². The van der Waals surface area contributed by atoms with Crippen LogP contribution < -0.4 is 10.6 Å². The van der Waals surface area contributed by atoms with Crippen LogP contribution in [0.15, 0.2) is 36.5 Å². The Morgan fingerprint density at radius 1 is 1.19 bits per heavy atom. The van der Waals surface area contributed by atoms with Crippen molar-refractivity contribution in [1.29, 1.82) is 0 Å². The molecule has 2 N–H and O–H groups in total. The largest absolute Gasteiger partial charge is 0.384 e. The minimum atomic E-state index is 0.0381. The summed E-state index contributed by atoms with van der Waals surface area (Å²) < 4.78 is 1.61. The minimum absolute atomic E-state index is 0.0381. The van der Waals surface area contributed by atoms with E-state index >= 15 is 0 Å². The van der Waals surface area contributed by atoms with E-state index in [1.54, 1.807) is 16.9 Å². The molecule has 1 aliphatic rings. The number of nitrogens with zero attached hydrogens (tertiary/aromatic N) is 5. The quantitative estimate of drug-likeness (QED) is 0.749. The zero-order chi connectivity index (χ0) is 19.0. The number of fused-ring (bicyclic) bond motifs is 1. The number of hydrogen-bond donors (Lipinski definition) is 1. The Balaban J connectivity index is 1.41. The third-order valence-electron chi connectivity index (χ3n) is 4.93. The van der Waals surface area contributed by atoms with Crippen LogP contribution in [0.4, 0.5) is 11.5 Å². The van der Waals surface area contributed by atoms with E-state index in [1.165, 1.54) is 0 Å². The van der Waals surface area contributed by atoms with Crippen LogP contribution in [0.1, 0.15) is 5.56 Å². The molecule has 0 unspecified atom stereocenters. The predicted octanol–water partition coefficient (Wildman–Crippen LogP) is 2.32. The number of aromatic nitrogens is 3. The van der Waals surface area contributed by atoms with Gasteiger partial charge in [0.2, 0.25) is 5.91 Å². The molecule has 27 heavy (non-hydrogen) atoms. The van der Waals surface area contributed by atoms with Crippen molar-refractivity contribution < 1.29 is 4.79 Å². The van der Waals surface area contributed by atoms with Crippen molar-refractivity contribution in [2.45, 2.75) is 13.5 Å². The van der Waals surface area contributed by atoms with Crippen LogP contribution in [0, 0.1) is 6.92 Å². The highest BCUT2D eigenvalue weighted by Crippen LogP contribution is 2.23. The van der Waals surface area contributed by atoms with Crippen LogP contribution in [0.3, 0.4) is 0 Å². The highest BCUT2D eigenvalue weighted by Gasteiger charge is 2.22. The lowest BCUT2D eigenvalue weighted by Gasteiger charge is -2.36. The van der Waals surface area contributed by atoms with Gasteiger partial charge in [-0.3, -0.25) is 4.79 Å². The SMILES string of the molecule is Cc1cc(N2CCN(C(=O)Cn3ncc4ccc(N)nc43)CC2)ccc1Cl. The number of aryl methyl sites for hydroxylation is 1. The third-order valence-corrected chi connectivity index (χ3v) is 5.36. The van der Waals surface area contributed by atoms with Gasteiger partial charge in [-0.25, -0.2) is 9.67 Å². The lowest BCUT2D eigenvalue weighted by atomic mass is 10.2. The molecule has 0 radical (unpaired) electrons. The summed E-state index contributed by atoms with van der Waals surface area (Å²) in [4.78, 5) is 21.1. The molecule has 1 fully saturated rings. The number of carbonyl (C=O) groups is 1. The number of amides is 1. The lowest BCUT2D eigenvalue weighted by Crippen LogP contribution is -2.49. The molecule has 140 valence electrons. The van der Waals surface area contributed by atoms with Gasteiger partial charge in [-0.1, -0.05) is 11.6 Å². The molecular weight excluding hydrogens is 364 g/mol. The molecule has 8 heteroatoms. The van der Waals surface area contributed by atoms with E-state index in [1.807, 2.05) is 30.0 Å². The maximum Gasteiger partial charge on any atom is 0.244 e. The number of nitrogens with two attached hydrogens (primary N) is 1. The summed E-state index contributed by atoms with van der Waals surface area (Å²) in [6.45, 7) is 5.10. The molecule has 0 saturated carbocycles. The van der Waals surface area contributed by atoms with Crippen LogP contribution in [0.2, 0.25) is 5.02 Å². The Labute approximate surface area is 162 Å². The van der Waals surface area contributed by atoms with Gasteiger partial charge < -0.3 is 15.5 Å². The van der Waals surface area contributed by atoms with E-state index < -0.39 is 0 Å². The Morgan fingerprint density at radius 2 is 1.96 bits per heavy atom. The number of pyridine rings is 1. The van der Waals surface area contributed by atoms with Crippen LogP contribution in [0.25, 0.3) is 11.0 Å². The van der Waals surface area contributed by atoms with Crippen LogP contribution in [-0.2, 0) is 11.3 Å².